The predicted molar refractivity (Wildman–Crippen MR) is 111 cm³/mol. The summed E-state index contributed by atoms with van der Waals surface area (Å²) in [5.41, 5.74) is 19.7. The second-order valence-electron chi connectivity index (χ2n) is 6.32. The zero-order valence-corrected chi connectivity index (χ0v) is 16.3. The molecule has 0 saturated carbocycles. The second kappa shape index (κ2) is 7.24. The summed E-state index contributed by atoms with van der Waals surface area (Å²) in [5.74, 6) is -0.0171. The maximum absolute atomic E-state index is 12.6. The first-order chi connectivity index (χ1) is 13.2. The van der Waals surface area contributed by atoms with Crippen molar-refractivity contribution in [3.63, 3.8) is 0 Å². The standard InChI is InChI=1S/C18H21N7O2S/c1-11(22-23-18(20)21)16-10-25(2)17-8-5-13(9-15(16)17)24-28(26,27)14-6-3-12(19)4-7-14/h3-10,24H,19H2,1-2H3,(H4,20,21,23)/p+1. The van der Waals surface area contributed by atoms with Crippen molar-refractivity contribution in [3.05, 3.63) is 54.2 Å². The van der Waals surface area contributed by atoms with Gasteiger partial charge >= 0.3 is 5.96 Å². The van der Waals surface area contributed by atoms with Gasteiger partial charge in [-0.05, 0) is 49.4 Å². The Labute approximate surface area is 162 Å². The van der Waals surface area contributed by atoms with E-state index < -0.39 is 10.0 Å². The van der Waals surface area contributed by atoms with Crippen molar-refractivity contribution >= 4 is 44.0 Å². The summed E-state index contributed by atoms with van der Waals surface area (Å²) in [6.07, 6.45) is 1.90. The number of hydrogen-bond acceptors (Lipinski definition) is 4. The number of aryl methyl sites for hydroxylation is 1. The highest BCUT2D eigenvalue weighted by atomic mass is 32.2. The van der Waals surface area contributed by atoms with E-state index in [9.17, 15) is 8.42 Å². The number of rotatable bonds is 5. The molecular formula is C18H22N7O2S+. The van der Waals surface area contributed by atoms with Crippen LogP contribution in [0.2, 0.25) is 0 Å². The lowest BCUT2D eigenvalue weighted by atomic mass is 10.1. The third-order valence-electron chi connectivity index (χ3n) is 4.17. The first-order valence-electron chi connectivity index (χ1n) is 8.33. The van der Waals surface area contributed by atoms with Crippen LogP contribution in [0.5, 0.6) is 0 Å². The Morgan fingerprint density at radius 2 is 1.82 bits per heavy atom. The molecule has 0 saturated heterocycles. The van der Waals surface area contributed by atoms with Gasteiger partial charge in [0.25, 0.3) is 10.0 Å². The number of nitrogen functional groups attached to an aromatic ring is 1. The largest absolute Gasteiger partial charge is 0.399 e. The van der Waals surface area contributed by atoms with Gasteiger partial charge < -0.3 is 10.3 Å². The van der Waals surface area contributed by atoms with Gasteiger partial charge in [-0.3, -0.25) is 16.2 Å². The lowest BCUT2D eigenvalue weighted by Gasteiger charge is -2.09. The van der Waals surface area contributed by atoms with E-state index in [2.05, 4.69) is 14.9 Å². The smallest absolute Gasteiger partial charge is 0.362 e. The molecule has 10 heteroatoms. The Balaban J connectivity index is 2.02. The molecule has 28 heavy (non-hydrogen) atoms. The lowest BCUT2D eigenvalue weighted by molar-refractivity contribution is -0.464. The van der Waals surface area contributed by atoms with Gasteiger partial charge in [0.1, 0.15) is 0 Å². The fourth-order valence-corrected chi connectivity index (χ4v) is 3.86. The Kier molecular flexibility index (Phi) is 4.97. The minimum atomic E-state index is -3.74. The minimum Gasteiger partial charge on any atom is -0.399 e. The van der Waals surface area contributed by atoms with Crippen molar-refractivity contribution in [1.82, 2.24) is 4.57 Å². The fraction of sp³-hybridized carbons (Fsp3) is 0.111. The quantitative estimate of drug-likeness (QED) is 0.171. The van der Waals surface area contributed by atoms with Gasteiger partial charge in [0.15, 0.2) is 0 Å². The molecule has 0 fully saturated rings. The second-order valence-corrected chi connectivity index (χ2v) is 8.01. The van der Waals surface area contributed by atoms with E-state index in [4.69, 9.17) is 17.2 Å². The van der Waals surface area contributed by atoms with Crippen LogP contribution in [0.3, 0.4) is 0 Å². The predicted octanol–water partition coefficient (Wildman–Crippen LogP) is -0.361. The molecule has 0 bridgehead atoms. The molecule has 0 aliphatic rings. The number of hydrazone groups is 1. The Bertz CT molecular complexity index is 1190. The van der Waals surface area contributed by atoms with E-state index in [1.807, 2.05) is 23.9 Å². The van der Waals surface area contributed by atoms with E-state index >= 15 is 0 Å². The lowest BCUT2D eigenvalue weighted by Crippen LogP contribution is -2.72. The normalized spacial score (nSPS) is 12.1. The SMILES string of the molecule is CC(=N[NH+]=C(N)N)c1cn(C)c2ccc(NS(=O)(=O)c3ccc(N)cc3)cc12. The van der Waals surface area contributed by atoms with Gasteiger partial charge in [-0.2, -0.15) is 5.10 Å². The highest BCUT2D eigenvalue weighted by Gasteiger charge is 2.16. The molecule has 0 aliphatic heterocycles. The van der Waals surface area contributed by atoms with Crippen molar-refractivity contribution in [2.45, 2.75) is 11.8 Å². The number of fused-ring (bicyclic) bond motifs is 1. The fourth-order valence-electron chi connectivity index (χ4n) is 2.81. The van der Waals surface area contributed by atoms with Crippen LogP contribution >= 0.6 is 0 Å². The van der Waals surface area contributed by atoms with Gasteiger partial charge in [-0.25, -0.2) is 8.42 Å². The van der Waals surface area contributed by atoms with E-state index in [0.29, 0.717) is 17.1 Å². The molecule has 0 unspecified atom stereocenters. The summed E-state index contributed by atoms with van der Waals surface area (Å²) in [7, 11) is -1.84. The number of hydrogen-bond donors (Lipinski definition) is 5. The number of nitrogens with two attached hydrogens (primary N) is 3. The Hall–Kier alpha value is -3.53. The monoisotopic (exact) mass is 400 g/mol. The van der Waals surface area contributed by atoms with Crippen molar-refractivity contribution in [3.8, 4) is 0 Å². The first kappa shape index (κ1) is 19.2. The number of guanidine groups is 1. The average Bonchev–Trinajstić information content (AvgIpc) is 2.96. The summed E-state index contributed by atoms with van der Waals surface area (Å²) < 4.78 is 29.8. The van der Waals surface area contributed by atoms with Crippen LogP contribution in [0, 0.1) is 0 Å². The maximum atomic E-state index is 12.6. The molecule has 3 aromatic rings. The van der Waals surface area contributed by atoms with E-state index in [1.165, 1.54) is 12.1 Å². The number of aromatic nitrogens is 1. The van der Waals surface area contributed by atoms with Gasteiger partial charge in [0, 0.05) is 41.1 Å². The number of sulfonamides is 1. The van der Waals surface area contributed by atoms with Crippen LogP contribution in [0.1, 0.15) is 12.5 Å². The zero-order valence-electron chi connectivity index (χ0n) is 15.5. The first-order valence-corrected chi connectivity index (χ1v) is 9.82. The molecule has 0 amide bonds. The third kappa shape index (κ3) is 3.91. The molecule has 0 atom stereocenters. The molecule has 0 aliphatic carbocycles. The van der Waals surface area contributed by atoms with E-state index in [0.717, 1.165) is 16.5 Å². The average molecular weight is 400 g/mol. The number of nitrogens with zero attached hydrogens (tertiary/aromatic N) is 2. The summed E-state index contributed by atoms with van der Waals surface area (Å²) in [4.78, 5) is 0.131. The van der Waals surface area contributed by atoms with Gasteiger partial charge in [-0.15, -0.1) is 5.10 Å². The van der Waals surface area contributed by atoms with Crippen LogP contribution in [-0.4, -0.2) is 24.7 Å². The highest BCUT2D eigenvalue weighted by Crippen LogP contribution is 2.26. The van der Waals surface area contributed by atoms with Crippen LogP contribution in [0.4, 0.5) is 11.4 Å². The minimum absolute atomic E-state index is 0.0171. The molecule has 1 aromatic heterocycles. The van der Waals surface area contributed by atoms with Crippen LogP contribution in [0.25, 0.3) is 10.9 Å². The molecule has 1 heterocycles. The van der Waals surface area contributed by atoms with Gasteiger partial charge in [-0.1, -0.05) is 0 Å². The van der Waals surface area contributed by atoms with Gasteiger partial charge in [0.2, 0.25) is 0 Å². The van der Waals surface area contributed by atoms with E-state index in [1.54, 1.807) is 31.2 Å². The maximum Gasteiger partial charge on any atom is 0.362 e. The number of benzene rings is 2. The molecular weight excluding hydrogens is 378 g/mol. The van der Waals surface area contributed by atoms with Crippen molar-refractivity contribution in [2.75, 3.05) is 10.5 Å². The van der Waals surface area contributed by atoms with Crippen LogP contribution in [0.15, 0.2) is 58.7 Å². The summed E-state index contributed by atoms with van der Waals surface area (Å²) >= 11 is 0. The van der Waals surface area contributed by atoms with Crippen LogP contribution < -0.4 is 27.0 Å². The zero-order chi connectivity index (χ0) is 20.5. The molecule has 0 radical (unpaired) electrons. The molecule has 9 nitrogen and oxygen atoms in total. The molecule has 8 N–H and O–H groups in total. The number of nitrogens with one attached hydrogen (secondary N) is 2. The van der Waals surface area contributed by atoms with Gasteiger partial charge in [0.05, 0.1) is 10.6 Å². The van der Waals surface area contributed by atoms with Crippen LogP contribution in [-0.2, 0) is 17.1 Å². The molecule has 146 valence electrons. The Morgan fingerprint density at radius 1 is 1.14 bits per heavy atom. The van der Waals surface area contributed by atoms with Crippen molar-refractivity contribution < 1.29 is 13.5 Å². The van der Waals surface area contributed by atoms with Crippen molar-refractivity contribution in [2.24, 2.45) is 23.6 Å². The van der Waals surface area contributed by atoms with Crippen molar-refractivity contribution in [1.29, 1.82) is 0 Å². The summed E-state index contributed by atoms with van der Waals surface area (Å²) in [6.45, 7) is 1.80. The third-order valence-corrected chi connectivity index (χ3v) is 5.57. The summed E-state index contributed by atoms with van der Waals surface area (Å²) in [5, 5.41) is 7.49. The topological polar surface area (TPSA) is 155 Å². The Morgan fingerprint density at radius 3 is 2.46 bits per heavy atom. The molecule has 3 rings (SSSR count). The van der Waals surface area contributed by atoms with E-state index in [-0.39, 0.29) is 10.9 Å². The molecule has 2 aromatic carbocycles. The molecule has 0 spiro atoms. The number of anilines is 2. The highest BCUT2D eigenvalue weighted by molar-refractivity contribution is 7.92. The summed E-state index contributed by atoms with van der Waals surface area (Å²) in [6, 6.07) is 11.3.